The fraction of sp³-hybridized carbons (Fsp3) is 0.500. The Bertz CT molecular complexity index is 581. The van der Waals surface area contributed by atoms with Gasteiger partial charge in [-0.2, -0.15) is 0 Å². The molecule has 21 heavy (non-hydrogen) atoms. The van der Waals surface area contributed by atoms with Crippen molar-refractivity contribution in [3.05, 3.63) is 39.9 Å². The molecule has 1 aromatic heterocycles. The summed E-state index contributed by atoms with van der Waals surface area (Å²) < 4.78 is 1.06. The highest BCUT2D eigenvalue weighted by molar-refractivity contribution is 8.01. The number of rotatable bonds is 7. The summed E-state index contributed by atoms with van der Waals surface area (Å²) in [7, 11) is 0. The standard InChI is InChI=1S/C16H23N3S2/c1-5-8-17-15(10-20-16-19-18-13(4)21-16)14-7-6-11(2)12(3)9-14/h6-7,9,15,17H,5,8,10H2,1-4H3. The molecule has 5 heteroatoms. The minimum Gasteiger partial charge on any atom is -0.309 e. The normalized spacial score (nSPS) is 12.6. The number of aryl methyl sites for hydroxylation is 3. The second-order valence-corrected chi connectivity index (χ2v) is 7.70. The molecular weight excluding hydrogens is 298 g/mol. The molecule has 0 bridgehead atoms. The topological polar surface area (TPSA) is 37.8 Å². The number of hydrogen-bond donors (Lipinski definition) is 1. The molecule has 0 saturated heterocycles. The van der Waals surface area contributed by atoms with Gasteiger partial charge in [0.25, 0.3) is 0 Å². The van der Waals surface area contributed by atoms with E-state index in [1.54, 1.807) is 23.1 Å². The van der Waals surface area contributed by atoms with Gasteiger partial charge >= 0.3 is 0 Å². The lowest BCUT2D eigenvalue weighted by Crippen LogP contribution is -2.24. The van der Waals surface area contributed by atoms with Crippen molar-refractivity contribution in [2.24, 2.45) is 0 Å². The van der Waals surface area contributed by atoms with Gasteiger partial charge in [-0.25, -0.2) is 0 Å². The molecule has 0 aliphatic carbocycles. The predicted molar refractivity (Wildman–Crippen MR) is 92.3 cm³/mol. The highest BCUT2D eigenvalue weighted by Crippen LogP contribution is 2.27. The molecule has 0 aliphatic heterocycles. The summed E-state index contributed by atoms with van der Waals surface area (Å²) in [6.07, 6.45) is 1.14. The molecular formula is C16H23N3S2. The van der Waals surface area contributed by atoms with E-state index in [0.29, 0.717) is 6.04 Å². The van der Waals surface area contributed by atoms with E-state index in [4.69, 9.17) is 0 Å². The third kappa shape index (κ3) is 4.80. The van der Waals surface area contributed by atoms with Gasteiger partial charge in [0.15, 0.2) is 4.34 Å². The van der Waals surface area contributed by atoms with E-state index in [1.165, 1.54) is 16.7 Å². The van der Waals surface area contributed by atoms with Crippen molar-refractivity contribution in [1.82, 2.24) is 15.5 Å². The van der Waals surface area contributed by atoms with Crippen LogP contribution in [0.1, 0.15) is 41.1 Å². The molecule has 3 nitrogen and oxygen atoms in total. The summed E-state index contributed by atoms with van der Waals surface area (Å²) in [6.45, 7) is 9.57. The van der Waals surface area contributed by atoms with Gasteiger partial charge in [0.1, 0.15) is 5.01 Å². The third-order valence-corrected chi connectivity index (χ3v) is 5.52. The largest absolute Gasteiger partial charge is 0.309 e. The molecule has 1 atom stereocenters. The van der Waals surface area contributed by atoms with Crippen LogP contribution in [0.2, 0.25) is 0 Å². The average molecular weight is 322 g/mol. The maximum Gasteiger partial charge on any atom is 0.174 e. The number of thioether (sulfide) groups is 1. The molecule has 1 N–H and O–H groups in total. The molecule has 114 valence electrons. The lowest BCUT2D eigenvalue weighted by molar-refractivity contribution is 0.577. The second kappa shape index (κ2) is 7.92. The lowest BCUT2D eigenvalue weighted by Gasteiger charge is -2.19. The Hall–Kier alpha value is -0.910. The minimum atomic E-state index is 0.360. The van der Waals surface area contributed by atoms with Crippen LogP contribution >= 0.6 is 23.1 Å². The summed E-state index contributed by atoms with van der Waals surface area (Å²) in [5, 5.41) is 13.0. The molecule has 0 fully saturated rings. The molecule has 0 amide bonds. The van der Waals surface area contributed by atoms with Gasteiger partial charge in [0.05, 0.1) is 0 Å². The van der Waals surface area contributed by atoms with E-state index in [0.717, 1.165) is 28.1 Å². The Morgan fingerprint density at radius 2 is 2.00 bits per heavy atom. The van der Waals surface area contributed by atoms with Gasteiger partial charge in [-0.3, -0.25) is 0 Å². The van der Waals surface area contributed by atoms with Gasteiger partial charge in [-0.05, 0) is 50.4 Å². The Labute approximate surface area is 135 Å². The Kier molecular flexibility index (Phi) is 6.21. The molecule has 0 saturated carbocycles. The monoisotopic (exact) mass is 321 g/mol. The van der Waals surface area contributed by atoms with Crippen LogP contribution < -0.4 is 5.32 Å². The van der Waals surface area contributed by atoms with Crippen LogP contribution in [-0.2, 0) is 0 Å². The fourth-order valence-electron chi connectivity index (χ4n) is 2.06. The third-order valence-electron chi connectivity index (χ3n) is 3.46. The minimum absolute atomic E-state index is 0.360. The van der Waals surface area contributed by atoms with Crippen molar-refractivity contribution >= 4 is 23.1 Å². The van der Waals surface area contributed by atoms with Crippen LogP contribution in [0.25, 0.3) is 0 Å². The van der Waals surface area contributed by atoms with E-state index in [1.807, 2.05) is 6.92 Å². The number of hydrogen-bond acceptors (Lipinski definition) is 5. The second-order valence-electron chi connectivity index (χ2n) is 5.25. The van der Waals surface area contributed by atoms with Gasteiger partial charge in [-0.1, -0.05) is 48.2 Å². The van der Waals surface area contributed by atoms with E-state index in [9.17, 15) is 0 Å². The molecule has 0 radical (unpaired) electrons. The Morgan fingerprint density at radius 3 is 2.62 bits per heavy atom. The maximum absolute atomic E-state index is 4.20. The van der Waals surface area contributed by atoms with Crippen LogP contribution in [-0.4, -0.2) is 22.5 Å². The summed E-state index contributed by atoms with van der Waals surface area (Å²) >= 11 is 3.45. The van der Waals surface area contributed by atoms with Crippen molar-refractivity contribution in [1.29, 1.82) is 0 Å². The van der Waals surface area contributed by atoms with Crippen molar-refractivity contribution in [2.45, 2.75) is 44.5 Å². The first-order chi connectivity index (χ1) is 10.1. The predicted octanol–water partition coefficient (Wildman–Crippen LogP) is 4.30. The highest BCUT2D eigenvalue weighted by Gasteiger charge is 2.13. The van der Waals surface area contributed by atoms with Crippen molar-refractivity contribution in [3.8, 4) is 0 Å². The zero-order chi connectivity index (χ0) is 15.2. The number of benzene rings is 1. The zero-order valence-corrected chi connectivity index (χ0v) is 14.8. The van der Waals surface area contributed by atoms with Crippen LogP contribution in [0.4, 0.5) is 0 Å². The molecule has 1 unspecified atom stereocenters. The van der Waals surface area contributed by atoms with E-state index < -0.39 is 0 Å². The smallest absolute Gasteiger partial charge is 0.174 e. The van der Waals surface area contributed by atoms with Crippen LogP contribution in [0, 0.1) is 20.8 Å². The van der Waals surface area contributed by atoms with E-state index in [-0.39, 0.29) is 0 Å². The van der Waals surface area contributed by atoms with Gasteiger partial charge in [0.2, 0.25) is 0 Å². The molecule has 2 rings (SSSR count). The SMILES string of the molecule is CCCNC(CSc1nnc(C)s1)c1ccc(C)c(C)c1. The zero-order valence-electron chi connectivity index (χ0n) is 13.1. The van der Waals surface area contributed by atoms with Crippen LogP contribution in [0.3, 0.4) is 0 Å². The van der Waals surface area contributed by atoms with E-state index >= 15 is 0 Å². The lowest BCUT2D eigenvalue weighted by atomic mass is 10.0. The van der Waals surface area contributed by atoms with Crippen molar-refractivity contribution in [2.75, 3.05) is 12.3 Å². The summed E-state index contributed by atoms with van der Waals surface area (Å²) in [4.78, 5) is 0. The van der Waals surface area contributed by atoms with Gasteiger partial charge in [0, 0.05) is 11.8 Å². The maximum atomic E-state index is 4.20. The summed E-state index contributed by atoms with van der Waals surface area (Å²) in [5.74, 6) is 0.983. The molecule has 0 spiro atoms. The quantitative estimate of drug-likeness (QED) is 0.772. The molecule has 1 heterocycles. The number of nitrogens with one attached hydrogen (secondary N) is 1. The Morgan fingerprint density at radius 1 is 1.19 bits per heavy atom. The summed E-state index contributed by atoms with van der Waals surface area (Å²) in [5.41, 5.74) is 4.06. The van der Waals surface area contributed by atoms with E-state index in [2.05, 4.69) is 54.5 Å². The average Bonchev–Trinajstić information content (AvgIpc) is 2.88. The van der Waals surface area contributed by atoms with Crippen LogP contribution in [0.5, 0.6) is 0 Å². The number of nitrogens with zero attached hydrogens (tertiary/aromatic N) is 2. The molecule has 2 aromatic rings. The first-order valence-corrected chi connectivity index (χ1v) is 9.13. The van der Waals surface area contributed by atoms with Gasteiger partial charge < -0.3 is 5.32 Å². The molecule has 1 aromatic carbocycles. The van der Waals surface area contributed by atoms with Crippen molar-refractivity contribution in [3.63, 3.8) is 0 Å². The molecule has 0 aliphatic rings. The summed E-state index contributed by atoms with van der Waals surface area (Å²) in [6, 6.07) is 7.11. The highest BCUT2D eigenvalue weighted by atomic mass is 32.2. The van der Waals surface area contributed by atoms with Crippen molar-refractivity contribution < 1.29 is 0 Å². The number of aromatic nitrogens is 2. The first-order valence-electron chi connectivity index (χ1n) is 7.33. The first kappa shape index (κ1) is 16.5. The van der Waals surface area contributed by atoms with Gasteiger partial charge in [-0.15, -0.1) is 10.2 Å². The van der Waals surface area contributed by atoms with Crippen LogP contribution in [0.15, 0.2) is 22.5 Å². The fourth-order valence-corrected chi connectivity index (χ4v) is 4.00. The Balaban J connectivity index is 2.07.